The molecule has 122 valence electrons. The highest BCUT2D eigenvalue weighted by atomic mass is 35.5. The van der Waals surface area contributed by atoms with E-state index >= 15 is 0 Å². The highest BCUT2D eigenvalue weighted by molar-refractivity contribution is 6.19. The van der Waals surface area contributed by atoms with Crippen molar-refractivity contribution in [3.8, 4) is 11.5 Å². The van der Waals surface area contributed by atoms with E-state index in [9.17, 15) is 0 Å². The molecule has 3 atom stereocenters. The van der Waals surface area contributed by atoms with E-state index in [2.05, 4.69) is 6.92 Å². The third-order valence-corrected chi connectivity index (χ3v) is 4.18. The van der Waals surface area contributed by atoms with Crippen LogP contribution in [0.2, 0.25) is 0 Å². The predicted octanol–water partition coefficient (Wildman–Crippen LogP) is 4.48. The van der Waals surface area contributed by atoms with Crippen molar-refractivity contribution in [3.05, 3.63) is 59.7 Å². The highest BCUT2D eigenvalue weighted by Gasteiger charge is 2.36. The van der Waals surface area contributed by atoms with Gasteiger partial charge in [0.1, 0.15) is 35.9 Å². The van der Waals surface area contributed by atoms with Gasteiger partial charge in [-0.05, 0) is 38.1 Å². The standard InChI is InChI=1S/C19H21ClO3/c1-13-3-7-15(8-4-13)21-12-18-17(11-19(20)23-18)22-16-9-5-14(2)6-10-16/h3-10,17-19H,11-12H2,1-2H3/t17-,18+,19+/m0/s1. The first-order valence-electron chi connectivity index (χ1n) is 7.82. The van der Waals surface area contributed by atoms with E-state index in [0.717, 1.165) is 11.5 Å². The van der Waals surface area contributed by atoms with Crippen LogP contribution >= 0.6 is 11.6 Å². The monoisotopic (exact) mass is 332 g/mol. The van der Waals surface area contributed by atoms with E-state index in [-0.39, 0.29) is 17.8 Å². The van der Waals surface area contributed by atoms with E-state index in [1.807, 2.05) is 55.5 Å². The Kier molecular flexibility index (Phi) is 5.09. The number of aryl methyl sites for hydroxylation is 2. The van der Waals surface area contributed by atoms with Gasteiger partial charge in [0.15, 0.2) is 0 Å². The van der Waals surface area contributed by atoms with Gasteiger partial charge in [-0.15, -0.1) is 0 Å². The average molecular weight is 333 g/mol. The van der Waals surface area contributed by atoms with Crippen LogP contribution in [0.15, 0.2) is 48.5 Å². The second-order valence-electron chi connectivity index (χ2n) is 5.91. The Bertz CT molecular complexity index is 624. The topological polar surface area (TPSA) is 27.7 Å². The fourth-order valence-electron chi connectivity index (χ4n) is 2.54. The van der Waals surface area contributed by atoms with Gasteiger partial charge in [0.2, 0.25) is 0 Å². The molecule has 3 nitrogen and oxygen atoms in total. The minimum absolute atomic E-state index is 0.106. The zero-order chi connectivity index (χ0) is 16.2. The molecule has 0 spiro atoms. The predicted molar refractivity (Wildman–Crippen MR) is 91.4 cm³/mol. The minimum atomic E-state index is -0.336. The molecule has 0 unspecified atom stereocenters. The van der Waals surface area contributed by atoms with Crippen LogP contribution in [0, 0.1) is 13.8 Å². The smallest absolute Gasteiger partial charge is 0.135 e. The van der Waals surface area contributed by atoms with Gasteiger partial charge in [-0.2, -0.15) is 0 Å². The molecule has 0 amide bonds. The van der Waals surface area contributed by atoms with Crippen molar-refractivity contribution in [3.63, 3.8) is 0 Å². The summed E-state index contributed by atoms with van der Waals surface area (Å²) in [5.74, 6) is 1.65. The minimum Gasteiger partial charge on any atom is -0.491 e. The number of ether oxygens (including phenoxy) is 3. The lowest BCUT2D eigenvalue weighted by atomic mass is 10.2. The van der Waals surface area contributed by atoms with E-state index in [0.29, 0.717) is 13.0 Å². The van der Waals surface area contributed by atoms with E-state index < -0.39 is 0 Å². The maximum atomic E-state index is 6.14. The largest absolute Gasteiger partial charge is 0.491 e. The molecule has 1 heterocycles. The molecule has 1 aliphatic heterocycles. The molecular formula is C19H21ClO3. The van der Waals surface area contributed by atoms with Crippen LogP contribution in [0.3, 0.4) is 0 Å². The molecule has 1 aliphatic rings. The van der Waals surface area contributed by atoms with Crippen LogP contribution < -0.4 is 9.47 Å². The number of hydrogen-bond acceptors (Lipinski definition) is 3. The first kappa shape index (κ1) is 16.2. The number of rotatable bonds is 5. The lowest BCUT2D eigenvalue weighted by molar-refractivity contribution is 0.0107. The maximum absolute atomic E-state index is 6.14. The molecular weight excluding hydrogens is 312 g/mol. The average Bonchev–Trinajstić information content (AvgIpc) is 2.89. The molecule has 23 heavy (non-hydrogen) atoms. The number of hydrogen-bond donors (Lipinski definition) is 0. The summed E-state index contributed by atoms with van der Waals surface area (Å²) in [5, 5.41) is 0. The summed E-state index contributed by atoms with van der Waals surface area (Å²) in [6.45, 7) is 4.52. The summed E-state index contributed by atoms with van der Waals surface area (Å²) in [6.07, 6.45) is 0.364. The number of benzene rings is 2. The Morgan fingerprint density at radius 3 is 2.13 bits per heavy atom. The van der Waals surface area contributed by atoms with Gasteiger partial charge in [0.05, 0.1) is 0 Å². The van der Waals surface area contributed by atoms with Gasteiger partial charge in [-0.3, -0.25) is 0 Å². The summed E-state index contributed by atoms with van der Waals surface area (Å²) < 4.78 is 17.6. The van der Waals surface area contributed by atoms with Crippen LogP contribution in [0.25, 0.3) is 0 Å². The summed E-state index contributed by atoms with van der Waals surface area (Å²) in [6, 6.07) is 16.0. The molecule has 1 fully saturated rings. The fourth-order valence-corrected chi connectivity index (χ4v) is 2.85. The maximum Gasteiger partial charge on any atom is 0.135 e. The summed E-state index contributed by atoms with van der Waals surface area (Å²) in [7, 11) is 0. The molecule has 0 aromatic heterocycles. The Balaban J connectivity index is 1.60. The SMILES string of the molecule is Cc1ccc(OC[C@H]2O[C@@H](Cl)C[C@@H]2Oc2ccc(C)cc2)cc1. The van der Waals surface area contributed by atoms with Gasteiger partial charge < -0.3 is 14.2 Å². The van der Waals surface area contributed by atoms with Crippen LogP contribution in [-0.4, -0.2) is 24.4 Å². The second kappa shape index (κ2) is 7.24. The number of alkyl halides is 1. The molecule has 0 saturated carbocycles. The normalized spacial score (nSPS) is 23.7. The van der Waals surface area contributed by atoms with Crippen molar-refractivity contribution < 1.29 is 14.2 Å². The Labute approximate surface area is 142 Å². The first-order valence-corrected chi connectivity index (χ1v) is 8.26. The van der Waals surface area contributed by atoms with Crippen LogP contribution in [0.5, 0.6) is 11.5 Å². The van der Waals surface area contributed by atoms with Crippen molar-refractivity contribution in [1.82, 2.24) is 0 Å². The Morgan fingerprint density at radius 1 is 0.957 bits per heavy atom. The first-order chi connectivity index (χ1) is 11.1. The fraction of sp³-hybridized carbons (Fsp3) is 0.368. The van der Waals surface area contributed by atoms with Crippen LogP contribution in [-0.2, 0) is 4.74 Å². The Morgan fingerprint density at radius 2 is 1.52 bits per heavy atom. The second-order valence-corrected chi connectivity index (χ2v) is 6.40. The zero-order valence-electron chi connectivity index (χ0n) is 13.4. The molecule has 4 heteroatoms. The number of halogens is 1. The molecule has 3 rings (SSSR count). The van der Waals surface area contributed by atoms with Gasteiger partial charge in [-0.25, -0.2) is 0 Å². The van der Waals surface area contributed by atoms with Crippen molar-refractivity contribution >= 4 is 11.6 Å². The van der Waals surface area contributed by atoms with E-state index in [1.165, 1.54) is 11.1 Å². The van der Waals surface area contributed by atoms with E-state index in [1.54, 1.807) is 0 Å². The van der Waals surface area contributed by atoms with Crippen LogP contribution in [0.1, 0.15) is 17.5 Å². The highest BCUT2D eigenvalue weighted by Crippen LogP contribution is 2.28. The molecule has 1 saturated heterocycles. The van der Waals surface area contributed by atoms with Gasteiger partial charge >= 0.3 is 0 Å². The molecule has 2 aromatic rings. The summed E-state index contributed by atoms with van der Waals surface area (Å²) in [5.41, 5.74) is 2.07. The van der Waals surface area contributed by atoms with Crippen molar-refractivity contribution in [2.45, 2.75) is 38.0 Å². The molecule has 2 aromatic carbocycles. The quantitative estimate of drug-likeness (QED) is 0.755. The van der Waals surface area contributed by atoms with Crippen molar-refractivity contribution in [1.29, 1.82) is 0 Å². The van der Waals surface area contributed by atoms with Gasteiger partial charge in [0, 0.05) is 6.42 Å². The van der Waals surface area contributed by atoms with E-state index in [4.69, 9.17) is 25.8 Å². The molecule has 0 N–H and O–H groups in total. The third kappa shape index (κ3) is 4.40. The third-order valence-electron chi connectivity index (χ3n) is 3.90. The molecule has 0 bridgehead atoms. The summed E-state index contributed by atoms with van der Waals surface area (Å²) in [4.78, 5) is 0. The molecule has 0 radical (unpaired) electrons. The van der Waals surface area contributed by atoms with Crippen molar-refractivity contribution in [2.24, 2.45) is 0 Å². The van der Waals surface area contributed by atoms with Crippen LogP contribution in [0.4, 0.5) is 0 Å². The van der Waals surface area contributed by atoms with Crippen molar-refractivity contribution in [2.75, 3.05) is 6.61 Å². The Hall–Kier alpha value is -1.71. The molecule has 0 aliphatic carbocycles. The van der Waals surface area contributed by atoms with Gasteiger partial charge in [0.25, 0.3) is 0 Å². The lowest BCUT2D eigenvalue weighted by Gasteiger charge is -2.20. The summed E-state index contributed by atoms with van der Waals surface area (Å²) >= 11 is 6.14. The van der Waals surface area contributed by atoms with Gasteiger partial charge in [-0.1, -0.05) is 47.0 Å². The lowest BCUT2D eigenvalue weighted by Crippen LogP contribution is -2.32. The zero-order valence-corrected chi connectivity index (χ0v) is 14.1.